The Kier molecular flexibility index (Phi) is 13.7. The van der Waals surface area contributed by atoms with Crippen LogP contribution in [0.15, 0.2) is 0 Å². The smallest absolute Gasteiger partial charge is 0.0470 e. The number of rotatable bonds is 3. The minimum absolute atomic E-state index is 0.137. The summed E-state index contributed by atoms with van der Waals surface area (Å²) in [6.07, 6.45) is 8.00. The fourth-order valence-corrected chi connectivity index (χ4v) is 2.25. The second-order valence-corrected chi connectivity index (χ2v) is 5.43. The van der Waals surface area contributed by atoms with Gasteiger partial charge in [0.15, 0.2) is 0 Å². The van der Waals surface area contributed by atoms with Crippen LogP contribution in [0.2, 0.25) is 18.1 Å². The lowest BCUT2D eigenvalue weighted by Gasteiger charge is -2.02. The minimum atomic E-state index is 0.137. The third-order valence-electron chi connectivity index (χ3n) is 1.50. The normalized spacial score (nSPS) is 8.22. The molecular weight excluding hydrogens is 124 g/mol. The van der Waals surface area contributed by atoms with E-state index in [0.717, 1.165) is 0 Å². The van der Waals surface area contributed by atoms with Crippen molar-refractivity contribution in [2.75, 3.05) is 0 Å². The standard InChI is InChI=1S/C6H15Si.C2H2/c1-4-7(5-2)6-3;1-2/h4-6H2,1-3H3;1-2H. The Morgan fingerprint density at radius 2 is 1.11 bits per heavy atom. The maximum absolute atomic E-state index is 4.00. The van der Waals surface area contributed by atoms with E-state index < -0.39 is 0 Å². The van der Waals surface area contributed by atoms with Crippen LogP contribution in [0.4, 0.5) is 0 Å². The minimum Gasteiger partial charge on any atom is -0.124 e. The molecule has 0 aliphatic heterocycles. The first-order valence-corrected chi connectivity index (χ1v) is 5.64. The molecular formula is C8H17Si. The summed E-state index contributed by atoms with van der Waals surface area (Å²) in [6, 6.07) is 4.37. The fraction of sp³-hybridized carbons (Fsp3) is 0.750. The fourth-order valence-electron chi connectivity index (χ4n) is 0.750. The number of hydrogen-bond donors (Lipinski definition) is 0. The number of terminal acetylenes is 1. The van der Waals surface area contributed by atoms with Crippen molar-refractivity contribution in [3.05, 3.63) is 0 Å². The predicted octanol–water partition coefficient (Wildman–Crippen LogP) is 2.79. The summed E-state index contributed by atoms with van der Waals surface area (Å²) in [4.78, 5) is 0. The highest BCUT2D eigenvalue weighted by atomic mass is 28.3. The van der Waals surface area contributed by atoms with Crippen molar-refractivity contribution in [1.82, 2.24) is 0 Å². The van der Waals surface area contributed by atoms with Gasteiger partial charge in [-0.1, -0.05) is 38.9 Å². The molecule has 0 aliphatic rings. The Balaban J connectivity index is 0. The Morgan fingerprint density at radius 3 is 1.11 bits per heavy atom. The Labute approximate surface area is 61.3 Å². The van der Waals surface area contributed by atoms with Gasteiger partial charge in [-0.2, -0.15) is 0 Å². The third kappa shape index (κ3) is 7.78. The monoisotopic (exact) mass is 141 g/mol. The summed E-state index contributed by atoms with van der Waals surface area (Å²) in [6.45, 7) is 6.92. The van der Waals surface area contributed by atoms with Gasteiger partial charge in [-0.05, 0) is 0 Å². The van der Waals surface area contributed by atoms with Crippen LogP contribution in [0, 0.1) is 12.8 Å². The van der Waals surface area contributed by atoms with E-state index in [1.165, 1.54) is 18.1 Å². The van der Waals surface area contributed by atoms with E-state index in [4.69, 9.17) is 0 Å². The largest absolute Gasteiger partial charge is 0.124 e. The van der Waals surface area contributed by atoms with Gasteiger partial charge < -0.3 is 0 Å². The molecule has 0 aliphatic carbocycles. The van der Waals surface area contributed by atoms with Crippen LogP contribution >= 0.6 is 0 Å². The van der Waals surface area contributed by atoms with Crippen molar-refractivity contribution >= 4 is 8.80 Å². The molecule has 0 unspecified atom stereocenters. The first kappa shape index (κ1) is 11.6. The molecule has 0 fully saturated rings. The van der Waals surface area contributed by atoms with Crippen LogP contribution in [0.5, 0.6) is 0 Å². The second-order valence-electron chi connectivity index (χ2n) is 1.81. The van der Waals surface area contributed by atoms with Gasteiger partial charge in [0.1, 0.15) is 0 Å². The molecule has 9 heavy (non-hydrogen) atoms. The molecule has 0 amide bonds. The molecule has 0 aromatic heterocycles. The van der Waals surface area contributed by atoms with Crippen molar-refractivity contribution in [3.8, 4) is 12.8 Å². The zero-order valence-electron chi connectivity index (χ0n) is 6.78. The SMILES string of the molecule is C#C.CC[Si](CC)CC. The average molecular weight is 141 g/mol. The van der Waals surface area contributed by atoms with Gasteiger partial charge >= 0.3 is 0 Å². The lowest BCUT2D eigenvalue weighted by atomic mass is 10.9. The summed E-state index contributed by atoms with van der Waals surface area (Å²) >= 11 is 0. The highest BCUT2D eigenvalue weighted by molar-refractivity contribution is 6.58. The van der Waals surface area contributed by atoms with Crippen LogP contribution in [0.3, 0.4) is 0 Å². The molecule has 0 heterocycles. The molecule has 0 saturated carbocycles. The molecule has 0 aromatic rings. The van der Waals surface area contributed by atoms with Crippen molar-refractivity contribution in [1.29, 1.82) is 0 Å². The topological polar surface area (TPSA) is 0 Å². The molecule has 1 heteroatoms. The summed E-state index contributed by atoms with van der Waals surface area (Å²) in [5, 5.41) is 0. The molecule has 0 nitrogen and oxygen atoms in total. The molecule has 0 bridgehead atoms. The quantitative estimate of drug-likeness (QED) is 0.419. The zero-order valence-corrected chi connectivity index (χ0v) is 7.78. The van der Waals surface area contributed by atoms with E-state index in [2.05, 4.69) is 33.6 Å². The molecule has 0 spiro atoms. The van der Waals surface area contributed by atoms with E-state index in [1.54, 1.807) is 0 Å². The van der Waals surface area contributed by atoms with Crippen molar-refractivity contribution in [2.24, 2.45) is 0 Å². The lowest BCUT2D eigenvalue weighted by Crippen LogP contribution is -2.04. The Bertz CT molecular complexity index is 47.3. The highest BCUT2D eigenvalue weighted by Gasteiger charge is 1.98. The van der Waals surface area contributed by atoms with E-state index >= 15 is 0 Å². The summed E-state index contributed by atoms with van der Waals surface area (Å²) < 4.78 is 0. The molecule has 0 saturated heterocycles. The lowest BCUT2D eigenvalue weighted by molar-refractivity contribution is 1.24. The zero-order chi connectivity index (χ0) is 7.70. The van der Waals surface area contributed by atoms with Crippen molar-refractivity contribution in [3.63, 3.8) is 0 Å². The average Bonchev–Trinajstić information content (AvgIpc) is 1.96. The van der Waals surface area contributed by atoms with Gasteiger partial charge in [0.2, 0.25) is 0 Å². The van der Waals surface area contributed by atoms with Crippen LogP contribution in [-0.4, -0.2) is 8.80 Å². The van der Waals surface area contributed by atoms with Crippen LogP contribution < -0.4 is 0 Å². The van der Waals surface area contributed by atoms with Gasteiger partial charge in [0.05, 0.1) is 0 Å². The second kappa shape index (κ2) is 10.7. The van der Waals surface area contributed by atoms with Gasteiger partial charge in [-0.3, -0.25) is 0 Å². The Hall–Kier alpha value is -0.223. The molecule has 0 atom stereocenters. The predicted molar refractivity (Wildman–Crippen MR) is 47.1 cm³/mol. The van der Waals surface area contributed by atoms with Gasteiger partial charge in [-0.25, -0.2) is 0 Å². The summed E-state index contributed by atoms with van der Waals surface area (Å²) in [5.41, 5.74) is 0. The molecule has 0 N–H and O–H groups in total. The van der Waals surface area contributed by atoms with Crippen molar-refractivity contribution < 1.29 is 0 Å². The maximum atomic E-state index is 4.00. The molecule has 0 aromatic carbocycles. The van der Waals surface area contributed by atoms with Crippen LogP contribution in [0.1, 0.15) is 20.8 Å². The number of hydrogen-bond acceptors (Lipinski definition) is 0. The van der Waals surface area contributed by atoms with E-state index in [1.807, 2.05) is 0 Å². The maximum Gasteiger partial charge on any atom is 0.0470 e. The van der Waals surface area contributed by atoms with Crippen LogP contribution in [0.25, 0.3) is 0 Å². The van der Waals surface area contributed by atoms with E-state index in [-0.39, 0.29) is 8.80 Å². The summed E-state index contributed by atoms with van der Waals surface area (Å²) in [7, 11) is 0.137. The third-order valence-corrected chi connectivity index (χ3v) is 4.50. The van der Waals surface area contributed by atoms with Crippen LogP contribution in [-0.2, 0) is 0 Å². The van der Waals surface area contributed by atoms with Crippen molar-refractivity contribution in [2.45, 2.75) is 38.9 Å². The Morgan fingerprint density at radius 1 is 0.889 bits per heavy atom. The van der Waals surface area contributed by atoms with Gasteiger partial charge in [0, 0.05) is 8.80 Å². The highest BCUT2D eigenvalue weighted by Crippen LogP contribution is 2.01. The first-order chi connectivity index (χ1) is 4.35. The van der Waals surface area contributed by atoms with Gasteiger partial charge in [-0.15, -0.1) is 12.8 Å². The van der Waals surface area contributed by atoms with Gasteiger partial charge in [0.25, 0.3) is 0 Å². The molecule has 1 radical (unpaired) electrons. The van der Waals surface area contributed by atoms with E-state index in [0.29, 0.717) is 0 Å². The summed E-state index contributed by atoms with van der Waals surface area (Å²) in [5.74, 6) is 0. The van der Waals surface area contributed by atoms with E-state index in [9.17, 15) is 0 Å². The first-order valence-electron chi connectivity index (χ1n) is 3.52. The molecule has 53 valence electrons. The molecule has 0 rings (SSSR count).